The maximum atomic E-state index is 11.4. The number of aliphatic hydroxyl groups excluding tert-OH is 2. The van der Waals surface area contributed by atoms with E-state index in [1.165, 1.54) is 7.11 Å². The van der Waals surface area contributed by atoms with Gasteiger partial charge in [0.15, 0.2) is 8.32 Å². The Kier molecular flexibility index (Phi) is 10.5. The van der Waals surface area contributed by atoms with Gasteiger partial charge in [0.25, 0.3) is 0 Å². The topological polar surface area (TPSA) is 86.6 Å². The third-order valence-electron chi connectivity index (χ3n) is 7.67. The Balaban J connectivity index is 2.00. The Bertz CT molecular complexity index is 934. The molecule has 206 valence electrons. The van der Waals surface area contributed by atoms with Gasteiger partial charge in [-0.2, -0.15) is 0 Å². The average Bonchev–Trinajstić information content (AvgIpc) is 2.94. The summed E-state index contributed by atoms with van der Waals surface area (Å²) in [6.45, 7) is 11.3. The lowest BCUT2D eigenvalue weighted by molar-refractivity contribution is -0.183. The minimum absolute atomic E-state index is 0.0942. The van der Waals surface area contributed by atoms with Crippen LogP contribution in [0.1, 0.15) is 31.9 Å². The highest BCUT2D eigenvalue weighted by molar-refractivity contribution is 6.74. The largest absolute Gasteiger partial charge is 0.408 e. The number of ether oxygens (including phenoxy) is 4. The molecule has 1 saturated carbocycles. The summed E-state index contributed by atoms with van der Waals surface area (Å²) in [6, 6.07) is 19.5. The number of benzene rings is 2. The van der Waals surface area contributed by atoms with E-state index in [9.17, 15) is 10.2 Å². The quantitative estimate of drug-likeness (QED) is 0.348. The summed E-state index contributed by atoms with van der Waals surface area (Å²) in [5.74, 6) is 0. The van der Waals surface area contributed by atoms with E-state index in [0.717, 1.165) is 11.1 Å². The molecule has 0 spiro atoms. The lowest BCUT2D eigenvalue weighted by atomic mass is 10.0. The molecule has 3 rings (SSSR count). The fourth-order valence-corrected chi connectivity index (χ4v) is 5.75. The molecule has 0 saturated heterocycles. The molecule has 0 radical (unpaired) electrons. The normalized spacial score (nSPS) is 29.2. The standard InChI is InChI=1S/C29H44O7Si/c1-29(2,3)37(6,7)36-28-24(32-4)22(30)23(31)25(34-18-20-14-10-8-11-15-20)27(26(28)33-5)35-19-21-16-12-9-13-17-21/h8-17,22-28,30-31H,18-19H2,1-7H3/t22?,23?,24-,25-,26+,27-,28+/m1/s1. The van der Waals surface area contributed by atoms with Crippen molar-refractivity contribution in [2.45, 2.75) is 94.8 Å². The molecule has 0 aromatic heterocycles. The van der Waals surface area contributed by atoms with Crippen molar-refractivity contribution in [2.24, 2.45) is 0 Å². The average molecular weight is 533 g/mol. The summed E-state index contributed by atoms with van der Waals surface area (Å²) in [5, 5.41) is 22.7. The molecule has 0 amide bonds. The number of rotatable bonds is 10. The lowest BCUT2D eigenvalue weighted by Crippen LogP contribution is -2.57. The van der Waals surface area contributed by atoms with Gasteiger partial charge in [-0.05, 0) is 29.3 Å². The molecular weight excluding hydrogens is 488 g/mol. The van der Waals surface area contributed by atoms with Crippen LogP contribution in [-0.4, -0.2) is 75.5 Å². The summed E-state index contributed by atoms with van der Waals surface area (Å²) in [4.78, 5) is 0. The Labute approximate surface area is 222 Å². The second-order valence-electron chi connectivity index (χ2n) is 11.2. The molecule has 8 heteroatoms. The van der Waals surface area contributed by atoms with E-state index in [0.29, 0.717) is 0 Å². The molecule has 1 fully saturated rings. The summed E-state index contributed by atoms with van der Waals surface area (Å²) in [6.07, 6.45) is -6.41. The number of hydrogen-bond donors (Lipinski definition) is 2. The Morgan fingerprint density at radius 2 is 1.08 bits per heavy atom. The van der Waals surface area contributed by atoms with Gasteiger partial charge >= 0.3 is 0 Å². The van der Waals surface area contributed by atoms with Crippen molar-refractivity contribution in [3.8, 4) is 0 Å². The van der Waals surface area contributed by atoms with Gasteiger partial charge in [-0.1, -0.05) is 81.4 Å². The van der Waals surface area contributed by atoms with Crippen molar-refractivity contribution in [3.05, 3.63) is 71.8 Å². The van der Waals surface area contributed by atoms with Crippen LogP contribution in [0.5, 0.6) is 0 Å². The van der Waals surface area contributed by atoms with E-state index in [-0.39, 0.29) is 18.3 Å². The minimum Gasteiger partial charge on any atom is -0.408 e. The van der Waals surface area contributed by atoms with Crippen LogP contribution in [0.3, 0.4) is 0 Å². The van der Waals surface area contributed by atoms with Gasteiger partial charge in [-0.15, -0.1) is 0 Å². The minimum atomic E-state index is -2.34. The van der Waals surface area contributed by atoms with E-state index in [4.69, 9.17) is 23.4 Å². The van der Waals surface area contributed by atoms with Crippen LogP contribution in [-0.2, 0) is 36.6 Å². The van der Waals surface area contributed by atoms with Crippen LogP contribution in [0.15, 0.2) is 60.7 Å². The van der Waals surface area contributed by atoms with Crippen LogP contribution in [0, 0.1) is 0 Å². The van der Waals surface area contributed by atoms with Crippen molar-refractivity contribution in [1.82, 2.24) is 0 Å². The first kappa shape index (κ1) is 29.9. The smallest absolute Gasteiger partial charge is 0.192 e. The first-order chi connectivity index (χ1) is 17.5. The highest BCUT2D eigenvalue weighted by Crippen LogP contribution is 2.40. The Hall–Kier alpha value is -1.62. The number of hydrogen-bond acceptors (Lipinski definition) is 7. The van der Waals surface area contributed by atoms with Crippen LogP contribution in [0.25, 0.3) is 0 Å². The molecule has 0 heterocycles. The van der Waals surface area contributed by atoms with Crippen LogP contribution < -0.4 is 0 Å². The van der Waals surface area contributed by atoms with E-state index >= 15 is 0 Å². The van der Waals surface area contributed by atoms with Gasteiger partial charge in [-0.3, -0.25) is 0 Å². The highest BCUT2D eigenvalue weighted by atomic mass is 28.4. The molecule has 1 aliphatic rings. The zero-order valence-corrected chi connectivity index (χ0v) is 24.2. The maximum absolute atomic E-state index is 11.4. The first-order valence-electron chi connectivity index (χ1n) is 12.9. The van der Waals surface area contributed by atoms with E-state index in [2.05, 4.69) is 33.9 Å². The van der Waals surface area contributed by atoms with E-state index in [1.807, 2.05) is 60.7 Å². The van der Waals surface area contributed by atoms with Gasteiger partial charge in [0.1, 0.15) is 42.7 Å². The number of methoxy groups -OCH3 is 2. The predicted molar refractivity (Wildman–Crippen MR) is 146 cm³/mol. The lowest BCUT2D eigenvalue weighted by Gasteiger charge is -2.44. The molecule has 2 N–H and O–H groups in total. The van der Waals surface area contributed by atoms with Gasteiger partial charge in [-0.25, -0.2) is 0 Å². The predicted octanol–water partition coefficient (Wildman–Crippen LogP) is 4.31. The van der Waals surface area contributed by atoms with Gasteiger partial charge in [0.2, 0.25) is 0 Å². The second-order valence-corrected chi connectivity index (χ2v) is 16.0. The van der Waals surface area contributed by atoms with Crippen LogP contribution >= 0.6 is 0 Å². The molecule has 7 atom stereocenters. The molecule has 0 bridgehead atoms. The number of aliphatic hydroxyl groups is 2. The molecule has 2 aromatic carbocycles. The summed E-state index contributed by atoms with van der Waals surface area (Å²) in [5.41, 5.74) is 1.92. The monoisotopic (exact) mass is 532 g/mol. The van der Waals surface area contributed by atoms with Crippen molar-refractivity contribution in [2.75, 3.05) is 14.2 Å². The molecule has 2 aromatic rings. The molecule has 7 nitrogen and oxygen atoms in total. The highest BCUT2D eigenvalue weighted by Gasteiger charge is 2.55. The second kappa shape index (κ2) is 13.0. The molecule has 2 unspecified atom stereocenters. The van der Waals surface area contributed by atoms with Gasteiger partial charge < -0.3 is 33.6 Å². The van der Waals surface area contributed by atoms with Gasteiger partial charge in [0.05, 0.1) is 13.2 Å². The molecule has 1 aliphatic carbocycles. The van der Waals surface area contributed by atoms with E-state index in [1.54, 1.807) is 7.11 Å². The third kappa shape index (κ3) is 7.28. The molecule has 0 aliphatic heterocycles. The Morgan fingerprint density at radius 3 is 1.51 bits per heavy atom. The Morgan fingerprint density at radius 1 is 0.649 bits per heavy atom. The summed E-state index contributed by atoms with van der Waals surface area (Å²) in [7, 11) is 0.767. The van der Waals surface area contributed by atoms with Crippen molar-refractivity contribution in [3.63, 3.8) is 0 Å². The maximum Gasteiger partial charge on any atom is 0.192 e. The first-order valence-corrected chi connectivity index (χ1v) is 15.8. The van der Waals surface area contributed by atoms with Crippen molar-refractivity contribution < 1.29 is 33.6 Å². The summed E-state index contributed by atoms with van der Waals surface area (Å²) >= 11 is 0. The van der Waals surface area contributed by atoms with Crippen LogP contribution in [0.2, 0.25) is 18.1 Å². The van der Waals surface area contributed by atoms with E-state index < -0.39 is 51.0 Å². The van der Waals surface area contributed by atoms with Crippen LogP contribution in [0.4, 0.5) is 0 Å². The van der Waals surface area contributed by atoms with Gasteiger partial charge in [0, 0.05) is 14.2 Å². The fraction of sp³-hybridized carbons (Fsp3) is 0.586. The fourth-order valence-electron chi connectivity index (χ4n) is 4.45. The molecule has 37 heavy (non-hydrogen) atoms. The zero-order chi connectivity index (χ0) is 27.2. The third-order valence-corrected chi connectivity index (χ3v) is 12.1. The van der Waals surface area contributed by atoms with Crippen molar-refractivity contribution >= 4 is 8.32 Å². The summed E-state index contributed by atoms with van der Waals surface area (Å²) < 4.78 is 31.4. The molecular formula is C29H44O7Si. The van der Waals surface area contributed by atoms with Crippen molar-refractivity contribution in [1.29, 1.82) is 0 Å². The zero-order valence-electron chi connectivity index (χ0n) is 23.2. The SMILES string of the molecule is CO[C@@H]1[C@@H](O[Si](C)(C)C(C)(C)C)[C@H](OC)C(O)C(O)[C@@H](OCc2ccccc2)[C@H]1OCc1ccccc1.